The van der Waals surface area contributed by atoms with Crippen LogP contribution in [0.2, 0.25) is 0 Å². The first-order valence-corrected chi connectivity index (χ1v) is 8.26. The molecule has 24 heavy (non-hydrogen) atoms. The molecule has 1 aromatic carbocycles. The van der Waals surface area contributed by atoms with Gasteiger partial charge in [-0.25, -0.2) is 9.36 Å². The van der Waals surface area contributed by atoms with E-state index in [1.54, 1.807) is 23.3 Å². The first kappa shape index (κ1) is 14.7. The molecular formula is C18H19N5O. The number of rotatable bonds is 4. The van der Waals surface area contributed by atoms with Crippen molar-refractivity contribution in [3.8, 4) is 5.69 Å². The van der Waals surface area contributed by atoms with Gasteiger partial charge in [-0.05, 0) is 25.0 Å². The molecular weight excluding hydrogens is 302 g/mol. The number of anilines is 1. The largest absolute Gasteiger partial charge is 0.307 e. The molecule has 1 aliphatic rings. The Morgan fingerprint density at radius 1 is 1.08 bits per heavy atom. The van der Waals surface area contributed by atoms with Gasteiger partial charge in [0.05, 0.1) is 29.7 Å². The Morgan fingerprint density at radius 2 is 1.88 bits per heavy atom. The first-order chi connectivity index (χ1) is 11.8. The number of nitrogens with one attached hydrogen (secondary N) is 1. The highest BCUT2D eigenvalue weighted by Gasteiger charge is 2.21. The van der Waals surface area contributed by atoms with Crippen LogP contribution in [0.3, 0.4) is 0 Å². The van der Waals surface area contributed by atoms with Gasteiger partial charge in [0.25, 0.3) is 5.91 Å². The number of benzene rings is 1. The van der Waals surface area contributed by atoms with E-state index >= 15 is 0 Å². The van der Waals surface area contributed by atoms with E-state index in [0.29, 0.717) is 11.6 Å². The van der Waals surface area contributed by atoms with Crippen molar-refractivity contribution in [2.24, 2.45) is 0 Å². The molecule has 1 N–H and O–H groups in total. The van der Waals surface area contributed by atoms with E-state index in [-0.39, 0.29) is 5.91 Å². The molecule has 0 atom stereocenters. The summed E-state index contributed by atoms with van der Waals surface area (Å²) >= 11 is 0. The lowest BCUT2D eigenvalue weighted by Crippen LogP contribution is -2.17. The van der Waals surface area contributed by atoms with Gasteiger partial charge in [-0.2, -0.15) is 10.2 Å². The zero-order valence-corrected chi connectivity index (χ0v) is 13.3. The summed E-state index contributed by atoms with van der Waals surface area (Å²) in [6.07, 6.45) is 9.75. The standard InChI is InChI=1S/C18H19N5O/c24-18(14-12-20-22(13-14)15-6-2-1-3-7-15)21-17-10-11-19-23(17)16-8-4-5-9-16/h1-3,6-7,10-13,16H,4-5,8-9H2,(H,21,24). The molecule has 0 spiro atoms. The monoisotopic (exact) mass is 321 g/mol. The van der Waals surface area contributed by atoms with Crippen molar-refractivity contribution in [2.45, 2.75) is 31.7 Å². The highest BCUT2D eigenvalue weighted by Crippen LogP contribution is 2.31. The van der Waals surface area contributed by atoms with Crippen LogP contribution in [0, 0.1) is 0 Å². The Balaban J connectivity index is 1.51. The molecule has 6 heteroatoms. The predicted octanol–water partition coefficient (Wildman–Crippen LogP) is 3.44. The number of carbonyl (C=O) groups is 1. The quantitative estimate of drug-likeness (QED) is 0.800. The lowest BCUT2D eigenvalue weighted by molar-refractivity contribution is 0.102. The Hall–Kier alpha value is -2.89. The molecule has 0 saturated heterocycles. The smallest absolute Gasteiger partial charge is 0.260 e. The summed E-state index contributed by atoms with van der Waals surface area (Å²) in [6.45, 7) is 0. The van der Waals surface area contributed by atoms with Crippen LogP contribution in [-0.4, -0.2) is 25.5 Å². The number of aromatic nitrogens is 4. The Bertz CT molecular complexity index is 830. The third-order valence-electron chi connectivity index (χ3n) is 4.45. The van der Waals surface area contributed by atoms with Crippen molar-refractivity contribution in [1.29, 1.82) is 0 Å². The Kier molecular flexibility index (Phi) is 3.86. The fourth-order valence-electron chi connectivity index (χ4n) is 3.20. The molecule has 0 bridgehead atoms. The van der Waals surface area contributed by atoms with Gasteiger partial charge in [0, 0.05) is 12.3 Å². The minimum absolute atomic E-state index is 0.170. The molecule has 1 fully saturated rings. The second kappa shape index (κ2) is 6.31. The molecule has 1 aliphatic carbocycles. The molecule has 6 nitrogen and oxygen atoms in total. The molecule has 122 valence electrons. The number of carbonyl (C=O) groups excluding carboxylic acids is 1. The van der Waals surface area contributed by atoms with Gasteiger partial charge in [-0.1, -0.05) is 31.0 Å². The number of hydrogen-bond donors (Lipinski definition) is 1. The van der Waals surface area contributed by atoms with E-state index < -0.39 is 0 Å². The third kappa shape index (κ3) is 2.82. The normalized spacial score (nSPS) is 14.8. The maximum atomic E-state index is 12.5. The van der Waals surface area contributed by atoms with Gasteiger partial charge >= 0.3 is 0 Å². The average Bonchev–Trinajstić information content (AvgIpc) is 3.36. The van der Waals surface area contributed by atoms with Crippen LogP contribution in [0.4, 0.5) is 5.82 Å². The van der Waals surface area contributed by atoms with E-state index in [2.05, 4.69) is 15.5 Å². The molecule has 4 rings (SSSR count). The maximum Gasteiger partial charge on any atom is 0.260 e. The molecule has 0 aliphatic heterocycles. The van der Waals surface area contributed by atoms with E-state index in [4.69, 9.17) is 0 Å². The van der Waals surface area contributed by atoms with Crippen LogP contribution in [0.25, 0.3) is 5.69 Å². The molecule has 1 saturated carbocycles. The molecule has 1 amide bonds. The minimum Gasteiger partial charge on any atom is -0.307 e. The van der Waals surface area contributed by atoms with E-state index in [9.17, 15) is 4.79 Å². The van der Waals surface area contributed by atoms with Gasteiger partial charge in [-0.3, -0.25) is 4.79 Å². The van der Waals surface area contributed by atoms with Crippen molar-refractivity contribution in [1.82, 2.24) is 19.6 Å². The van der Waals surface area contributed by atoms with Crippen LogP contribution in [-0.2, 0) is 0 Å². The summed E-state index contributed by atoms with van der Waals surface area (Å²) < 4.78 is 3.63. The Morgan fingerprint density at radius 3 is 2.67 bits per heavy atom. The summed E-state index contributed by atoms with van der Waals surface area (Å²) in [7, 11) is 0. The van der Waals surface area contributed by atoms with Crippen LogP contribution in [0.15, 0.2) is 55.0 Å². The lowest BCUT2D eigenvalue weighted by Gasteiger charge is -2.14. The van der Waals surface area contributed by atoms with Crippen molar-refractivity contribution < 1.29 is 4.79 Å². The lowest BCUT2D eigenvalue weighted by atomic mass is 10.2. The number of hydrogen-bond acceptors (Lipinski definition) is 3. The van der Waals surface area contributed by atoms with E-state index in [1.807, 2.05) is 41.1 Å². The zero-order valence-electron chi connectivity index (χ0n) is 13.3. The third-order valence-corrected chi connectivity index (χ3v) is 4.45. The Labute approximate surface area is 140 Å². The minimum atomic E-state index is -0.170. The molecule has 0 unspecified atom stereocenters. The van der Waals surface area contributed by atoms with Gasteiger partial charge in [0.15, 0.2) is 0 Å². The summed E-state index contributed by atoms with van der Waals surface area (Å²) in [4.78, 5) is 12.5. The number of para-hydroxylation sites is 1. The second-order valence-electron chi connectivity index (χ2n) is 6.06. The predicted molar refractivity (Wildman–Crippen MR) is 91.2 cm³/mol. The van der Waals surface area contributed by atoms with Crippen molar-refractivity contribution in [3.63, 3.8) is 0 Å². The number of nitrogens with zero attached hydrogens (tertiary/aromatic N) is 4. The van der Waals surface area contributed by atoms with Gasteiger partial charge in [0.1, 0.15) is 5.82 Å². The van der Waals surface area contributed by atoms with Gasteiger partial charge in [0.2, 0.25) is 0 Å². The fourth-order valence-corrected chi connectivity index (χ4v) is 3.20. The first-order valence-electron chi connectivity index (χ1n) is 8.26. The fraction of sp³-hybridized carbons (Fsp3) is 0.278. The van der Waals surface area contributed by atoms with Crippen LogP contribution < -0.4 is 5.32 Å². The van der Waals surface area contributed by atoms with E-state index in [1.165, 1.54) is 12.8 Å². The average molecular weight is 321 g/mol. The zero-order chi connectivity index (χ0) is 16.4. The molecule has 2 aromatic heterocycles. The molecule has 2 heterocycles. The molecule has 3 aromatic rings. The molecule has 0 radical (unpaired) electrons. The SMILES string of the molecule is O=C(Nc1ccnn1C1CCCC1)c1cnn(-c2ccccc2)c1. The maximum absolute atomic E-state index is 12.5. The highest BCUT2D eigenvalue weighted by atomic mass is 16.1. The van der Waals surface area contributed by atoms with Crippen molar-refractivity contribution >= 4 is 11.7 Å². The van der Waals surface area contributed by atoms with Crippen LogP contribution >= 0.6 is 0 Å². The van der Waals surface area contributed by atoms with Gasteiger partial charge in [-0.15, -0.1) is 0 Å². The van der Waals surface area contributed by atoms with Gasteiger partial charge < -0.3 is 5.32 Å². The van der Waals surface area contributed by atoms with Crippen molar-refractivity contribution in [2.75, 3.05) is 5.32 Å². The number of amides is 1. The second-order valence-corrected chi connectivity index (χ2v) is 6.06. The summed E-state index contributed by atoms with van der Waals surface area (Å²) in [5.41, 5.74) is 1.45. The topological polar surface area (TPSA) is 64.7 Å². The highest BCUT2D eigenvalue weighted by molar-refractivity contribution is 6.03. The van der Waals surface area contributed by atoms with E-state index in [0.717, 1.165) is 24.3 Å². The summed E-state index contributed by atoms with van der Waals surface area (Å²) in [5.74, 6) is 0.580. The summed E-state index contributed by atoms with van der Waals surface area (Å²) in [6, 6.07) is 12.0. The van der Waals surface area contributed by atoms with Crippen molar-refractivity contribution in [3.05, 3.63) is 60.6 Å². The van der Waals surface area contributed by atoms with Crippen LogP contribution in [0.1, 0.15) is 42.1 Å². The summed E-state index contributed by atoms with van der Waals surface area (Å²) in [5, 5.41) is 11.6. The van der Waals surface area contributed by atoms with Crippen LogP contribution in [0.5, 0.6) is 0 Å².